The molecule has 2 rings (SSSR count). The highest BCUT2D eigenvalue weighted by molar-refractivity contribution is 5.87. The number of aliphatic carboxylic acids is 1. The van der Waals surface area contributed by atoms with Gasteiger partial charge in [0.1, 0.15) is 5.65 Å². The zero-order chi connectivity index (χ0) is 12.6. The third-order valence-electron chi connectivity index (χ3n) is 2.77. The maximum Gasteiger partial charge on any atom is 0.328 e. The van der Waals surface area contributed by atoms with Crippen molar-refractivity contribution in [3.05, 3.63) is 40.9 Å². The van der Waals surface area contributed by atoms with Crippen LogP contribution >= 0.6 is 0 Å². The van der Waals surface area contributed by atoms with Crippen LogP contribution in [0.15, 0.2) is 18.3 Å². The van der Waals surface area contributed by atoms with Crippen molar-refractivity contribution in [1.29, 1.82) is 0 Å². The average Bonchev–Trinajstić information content (AvgIpc) is 2.53. The smallest absolute Gasteiger partial charge is 0.328 e. The van der Waals surface area contributed by atoms with Gasteiger partial charge in [0.25, 0.3) is 0 Å². The summed E-state index contributed by atoms with van der Waals surface area (Å²) in [5.74, 6) is -0.954. The molecule has 88 valence electrons. The Bertz CT molecular complexity index is 624. The molecule has 0 aliphatic rings. The number of pyridine rings is 1. The third-order valence-corrected chi connectivity index (χ3v) is 2.77. The predicted molar refractivity (Wildman–Crippen MR) is 66.1 cm³/mol. The van der Waals surface area contributed by atoms with Gasteiger partial charge < -0.3 is 9.51 Å². The number of aromatic nitrogens is 2. The summed E-state index contributed by atoms with van der Waals surface area (Å²) < 4.78 is 1.99. The second kappa shape index (κ2) is 4.05. The van der Waals surface area contributed by atoms with E-state index in [2.05, 4.69) is 4.98 Å². The number of carboxylic acid groups (broad SMARTS) is 1. The first kappa shape index (κ1) is 11.4. The second-order valence-electron chi connectivity index (χ2n) is 4.12. The Kier molecular flexibility index (Phi) is 2.71. The molecular formula is C13H14N2O2. The van der Waals surface area contributed by atoms with Gasteiger partial charge in [-0.2, -0.15) is 0 Å². The summed E-state index contributed by atoms with van der Waals surface area (Å²) >= 11 is 0. The number of hydrogen-bond donors (Lipinski definition) is 1. The minimum Gasteiger partial charge on any atom is -0.478 e. The van der Waals surface area contributed by atoms with Crippen LogP contribution in [0.1, 0.15) is 22.5 Å². The Hall–Kier alpha value is -2.10. The lowest BCUT2D eigenvalue weighted by atomic mass is 10.2. The van der Waals surface area contributed by atoms with Gasteiger partial charge in [0, 0.05) is 23.5 Å². The van der Waals surface area contributed by atoms with Gasteiger partial charge in [-0.3, -0.25) is 0 Å². The molecule has 0 atom stereocenters. The maximum absolute atomic E-state index is 10.6. The molecule has 0 saturated carbocycles. The number of carbonyl (C=O) groups is 1. The van der Waals surface area contributed by atoms with Crippen molar-refractivity contribution >= 4 is 17.7 Å². The molecule has 4 heteroatoms. The van der Waals surface area contributed by atoms with Gasteiger partial charge in [-0.05, 0) is 38.5 Å². The van der Waals surface area contributed by atoms with Crippen LogP contribution in [-0.4, -0.2) is 20.5 Å². The van der Waals surface area contributed by atoms with Crippen molar-refractivity contribution in [1.82, 2.24) is 9.38 Å². The van der Waals surface area contributed by atoms with Gasteiger partial charge in [-0.25, -0.2) is 9.78 Å². The average molecular weight is 230 g/mol. The molecule has 0 spiro atoms. The molecule has 0 unspecified atom stereocenters. The van der Waals surface area contributed by atoms with Crippen molar-refractivity contribution in [3.8, 4) is 0 Å². The lowest BCUT2D eigenvalue weighted by Crippen LogP contribution is -1.93. The Labute approximate surface area is 99.2 Å². The number of fused-ring (bicyclic) bond motifs is 1. The van der Waals surface area contributed by atoms with Crippen molar-refractivity contribution in [2.45, 2.75) is 20.8 Å². The third kappa shape index (κ3) is 2.06. The highest BCUT2D eigenvalue weighted by Crippen LogP contribution is 2.18. The number of rotatable bonds is 2. The number of carboxylic acids is 1. The van der Waals surface area contributed by atoms with E-state index in [4.69, 9.17) is 5.11 Å². The van der Waals surface area contributed by atoms with E-state index in [1.165, 1.54) is 0 Å². The summed E-state index contributed by atoms with van der Waals surface area (Å²) in [7, 11) is 0. The van der Waals surface area contributed by atoms with Crippen molar-refractivity contribution in [2.24, 2.45) is 0 Å². The quantitative estimate of drug-likeness (QED) is 0.806. The van der Waals surface area contributed by atoms with E-state index in [0.717, 1.165) is 34.2 Å². The van der Waals surface area contributed by atoms with Crippen LogP contribution in [0.2, 0.25) is 0 Å². The molecule has 2 aromatic heterocycles. The fourth-order valence-corrected chi connectivity index (χ4v) is 1.82. The molecule has 0 aliphatic heterocycles. The highest BCUT2D eigenvalue weighted by atomic mass is 16.4. The monoisotopic (exact) mass is 230 g/mol. The molecule has 0 amide bonds. The number of hydrogen-bond acceptors (Lipinski definition) is 2. The van der Waals surface area contributed by atoms with E-state index in [-0.39, 0.29) is 0 Å². The van der Waals surface area contributed by atoms with Gasteiger partial charge in [-0.15, -0.1) is 0 Å². The van der Waals surface area contributed by atoms with E-state index in [0.29, 0.717) is 0 Å². The molecule has 4 nitrogen and oxygen atoms in total. The minimum atomic E-state index is -0.954. The number of aryl methyl sites for hydroxylation is 3. The van der Waals surface area contributed by atoms with Crippen LogP contribution in [0, 0.1) is 20.8 Å². The lowest BCUT2D eigenvalue weighted by Gasteiger charge is -2.02. The second-order valence-corrected chi connectivity index (χ2v) is 4.12. The minimum absolute atomic E-state index is 0.795. The number of nitrogens with zero attached hydrogens (tertiary/aromatic N) is 2. The summed E-state index contributed by atoms with van der Waals surface area (Å²) in [6.45, 7) is 5.92. The summed E-state index contributed by atoms with van der Waals surface area (Å²) in [5.41, 5.74) is 4.73. The molecule has 2 aromatic rings. The molecule has 0 radical (unpaired) electrons. The van der Waals surface area contributed by atoms with Crippen LogP contribution in [0.3, 0.4) is 0 Å². The lowest BCUT2D eigenvalue weighted by molar-refractivity contribution is -0.131. The van der Waals surface area contributed by atoms with Gasteiger partial charge in [0.05, 0.1) is 5.69 Å². The molecule has 1 N–H and O–H groups in total. The fourth-order valence-electron chi connectivity index (χ4n) is 1.82. The van der Waals surface area contributed by atoms with Crippen LogP contribution in [0.25, 0.3) is 11.7 Å². The van der Waals surface area contributed by atoms with Crippen LogP contribution in [-0.2, 0) is 4.79 Å². The largest absolute Gasteiger partial charge is 0.478 e. The molecule has 17 heavy (non-hydrogen) atoms. The SMILES string of the molecule is Cc1cc(/C=C/C(=O)O)c2nc(C)c(C)n2c1. The van der Waals surface area contributed by atoms with Crippen molar-refractivity contribution in [3.63, 3.8) is 0 Å². The summed E-state index contributed by atoms with van der Waals surface area (Å²) in [4.78, 5) is 15.0. The van der Waals surface area contributed by atoms with Crippen molar-refractivity contribution in [2.75, 3.05) is 0 Å². The summed E-state index contributed by atoms with van der Waals surface area (Å²) in [6.07, 6.45) is 4.72. The van der Waals surface area contributed by atoms with E-state index >= 15 is 0 Å². The standard InChI is InChI=1S/C13H14N2O2/c1-8-6-11(4-5-12(16)17)13-14-9(2)10(3)15(13)7-8/h4-7H,1-3H3,(H,16,17)/b5-4+. The Balaban J connectivity index is 2.70. The van der Waals surface area contributed by atoms with E-state index < -0.39 is 5.97 Å². The van der Waals surface area contributed by atoms with E-state index in [1.807, 2.05) is 37.4 Å². The highest BCUT2D eigenvalue weighted by Gasteiger charge is 2.08. The van der Waals surface area contributed by atoms with E-state index in [1.54, 1.807) is 6.08 Å². The summed E-state index contributed by atoms with van der Waals surface area (Å²) in [5, 5.41) is 8.66. The first-order valence-electron chi connectivity index (χ1n) is 5.36. The molecule has 0 bridgehead atoms. The van der Waals surface area contributed by atoms with Crippen LogP contribution in [0.4, 0.5) is 0 Å². The maximum atomic E-state index is 10.6. The molecule has 0 aliphatic carbocycles. The fraction of sp³-hybridized carbons (Fsp3) is 0.231. The summed E-state index contributed by atoms with van der Waals surface area (Å²) in [6, 6.07) is 1.93. The predicted octanol–water partition coefficient (Wildman–Crippen LogP) is 2.36. The van der Waals surface area contributed by atoms with Gasteiger partial charge in [-0.1, -0.05) is 0 Å². The van der Waals surface area contributed by atoms with Crippen molar-refractivity contribution < 1.29 is 9.90 Å². The van der Waals surface area contributed by atoms with E-state index in [9.17, 15) is 4.79 Å². The van der Waals surface area contributed by atoms with Crippen LogP contribution in [0.5, 0.6) is 0 Å². The molecule has 2 heterocycles. The first-order chi connectivity index (χ1) is 7.99. The molecule has 0 saturated heterocycles. The Morgan fingerprint density at radius 3 is 2.76 bits per heavy atom. The Morgan fingerprint density at radius 1 is 1.41 bits per heavy atom. The zero-order valence-electron chi connectivity index (χ0n) is 10.1. The topological polar surface area (TPSA) is 54.6 Å². The molecule has 0 aromatic carbocycles. The first-order valence-corrected chi connectivity index (χ1v) is 5.36. The van der Waals surface area contributed by atoms with Crippen LogP contribution < -0.4 is 0 Å². The normalized spacial score (nSPS) is 11.5. The Morgan fingerprint density at radius 2 is 2.12 bits per heavy atom. The number of imidazole rings is 1. The zero-order valence-corrected chi connectivity index (χ0v) is 10.1. The molecular weight excluding hydrogens is 216 g/mol. The van der Waals surface area contributed by atoms with Gasteiger partial charge >= 0.3 is 5.97 Å². The van der Waals surface area contributed by atoms with Gasteiger partial charge in [0.2, 0.25) is 0 Å². The molecule has 0 fully saturated rings. The van der Waals surface area contributed by atoms with Gasteiger partial charge in [0.15, 0.2) is 0 Å².